The van der Waals surface area contributed by atoms with Gasteiger partial charge in [0.05, 0.1) is 0 Å². The van der Waals surface area contributed by atoms with Crippen molar-refractivity contribution in [3.05, 3.63) is 127 Å². The van der Waals surface area contributed by atoms with E-state index in [-0.39, 0.29) is 0 Å². The Balaban J connectivity index is 1.70. The molecule has 4 rings (SSSR count). The second kappa shape index (κ2) is 10.5. The lowest BCUT2D eigenvalue weighted by molar-refractivity contribution is 0.251. The lowest BCUT2D eigenvalue weighted by Crippen LogP contribution is -2.35. The van der Waals surface area contributed by atoms with Crippen LogP contribution in [0.3, 0.4) is 0 Å². The highest BCUT2D eigenvalue weighted by atomic mass is 31.2. The minimum atomic E-state index is -3.53. The average molecular weight is 456 g/mol. The summed E-state index contributed by atoms with van der Waals surface area (Å²) in [6.45, 7) is 0. The van der Waals surface area contributed by atoms with Crippen LogP contribution in [-0.2, 0) is 4.57 Å². The van der Waals surface area contributed by atoms with Crippen molar-refractivity contribution in [2.24, 2.45) is 0 Å². The van der Waals surface area contributed by atoms with Crippen LogP contribution in [0.5, 0.6) is 0 Å². The van der Waals surface area contributed by atoms with Crippen molar-refractivity contribution in [3.63, 3.8) is 0 Å². The molecule has 33 heavy (non-hydrogen) atoms. The summed E-state index contributed by atoms with van der Waals surface area (Å²) in [6.07, 6.45) is 0. The highest BCUT2D eigenvalue weighted by Gasteiger charge is 2.36. The molecule has 166 valence electrons. The zero-order valence-corrected chi connectivity index (χ0v) is 18.8. The zero-order valence-electron chi connectivity index (χ0n) is 17.9. The summed E-state index contributed by atoms with van der Waals surface area (Å²) in [7, 11) is -3.53. The van der Waals surface area contributed by atoms with Gasteiger partial charge in [-0.2, -0.15) is 0 Å². The SMILES string of the molecule is O=C(Nc1ccccc1)N[C@H](c1ccccc1)P(=O)(Nc1ccccc1)Nc1ccccc1. The number of rotatable bonds is 8. The van der Waals surface area contributed by atoms with Gasteiger partial charge in [-0.25, -0.2) is 4.79 Å². The molecule has 0 aliphatic rings. The first-order valence-corrected chi connectivity index (χ1v) is 12.3. The van der Waals surface area contributed by atoms with Crippen LogP contribution in [0.2, 0.25) is 0 Å². The number of nitrogens with one attached hydrogen (secondary N) is 4. The fraction of sp³-hybridized carbons (Fsp3) is 0.0385. The Kier molecular flexibility index (Phi) is 7.08. The second-order valence-electron chi connectivity index (χ2n) is 7.39. The molecule has 0 aliphatic carbocycles. The lowest BCUT2D eigenvalue weighted by Gasteiger charge is -2.31. The highest BCUT2D eigenvalue weighted by molar-refractivity contribution is 7.67. The average Bonchev–Trinajstić information content (AvgIpc) is 2.85. The van der Waals surface area contributed by atoms with Crippen molar-refractivity contribution in [1.82, 2.24) is 5.32 Å². The van der Waals surface area contributed by atoms with Crippen molar-refractivity contribution in [2.75, 3.05) is 15.5 Å². The Morgan fingerprint density at radius 3 is 1.42 bits per heavy atom. The molecule has 0 unspecified atom stereocenters. The van der Waals surface area contributed by atoms with Crippen LogP contribution < -0.4 is 20.8 Å². The Labute approximate surface area is 193 Å². The highest BCUT2D eigenvalue weighted by Crippen LogP contribution is 2.56. The number of anilines is 3. The van der Waals surface area contributed by atoms with Gasteiger partial charge in [0.25, 0.3) is 7.44 Å². The normalized spacial score (nSPS) is 11.8. The predicted octanol–water partition coefficient (Wildman–Crippen LogP) is 6.92. The van der Waals surface area contributed by atoms with E-state index < -0.39 is 19.3 Å². The Bertz CT molecular complexity index is 1160. The number of urea groups is 1. The van der Waals surface area contributed by atoms with E-state index in [1.54, 1.807) is 12.1 Å². The van der Waals surface area contributed by atoms with Crippen LogP contribution in [0.4, 0.5) is 21.9 Å². The van der Waals surface area contributed by atoms with Crippen molar-refractivity contribution < 1.29 is 9.36 Å². The van der Waals surface area contributed by atoms with Crippen molar-refractivity contribution in [2.45, 2.75) is 5.78 Å². The molecule has 0 spiro atoms. The predicted molar refractivity (Wildman–Crippen MR) is 136 cm³/mol. The smallest absolute Gasteiger partial charge is 0.320 e. The molecule has 0 bridgehead atoms. The van der Waals surface area contributed by atoms with E-state index in [4.69, 9.17) is 0 Å². The quantitative estimate of drug-likeness (QED) is 0.217. The topological polar surface area (TPSA) is 82.3 Å². The molecule has 6 nitrogen and oxygen atoms in total. The molecule has 4 aromatic carbocycles. The van der Waals surface area contributed by atoms with E-state index in [0.29, 0.717) is 22.6 Å². The number of benzene rings is 4. The van der Waals surface area contributed by atoms with Crippen molar-refractivity contribution in [3.8, 4) is 0 Å². The van der Waals surface area contributed by atoms with Crippen LogP contribution >= 0.6 is 7.44 Å². The van der Waals surface area contributed by atoms with E-state index in [1.165, 1.54) is 0 Å². The molecule has 0 fully saturated rings. The Morgan fingerprint density at radius 1 is 0.576 bits per heavy atom. The van der Waals surface area contributed by atoms with Crippen LogP contribution in [0.1, 0.15) is 11.3 Å². The van der Waals surface area contributed by atoms with Gasteiger partial charge in [-0.1, -0.05) is 84.9 Å². The minimum absolute atomic E-state index is 0.458. The maximum atomic E-state index is 14.6. The van der Waals surface area contributed by atoms with Crippen LogP contribution in [0.25, 0.3) is 0 Å². The lowest BCUT2D eigenvalue weighted by atomic mass is 10.2. The molecular formula is C26H25N4O2P. The molecule has 0 heterocycles. The fourth-order valence-corrected chi connectivity index (χ4v) is 5.67. The first-order chi connectivity index (χ1) is 16.1. The maximum absolute atomic E-state index is 14.6. The summed E-state index contributed by atoms with van der Waals surface area (Å²) in [6, 6.07) is 36.5. The third-order valence-corrected chi connectivity index (χ3v) is 7.25. The third-order valence-electron chi connectivity index (χ3n) is 4.92. The van der Waals surface area contributed by atoms with Gasteiger partial charge in [-0.3, -0.25) is 4.57 Å². The molecule has 7 heteroatoms. The Morgan fingerprint density at radius 2 is 0.970 bits per heavy atom. The standard InChI is InChI=1S/C26H25N4O2P/c31-26(27-22-15-7-2-8-16-22)28-25(21-13-5-1-6-14-21)33(32,29-23-17-9-3-10-18-23)30-24-19-11-4-12-20-24/h1-20,25H,(H2,27,28,31)(H2,29,30,32)/t25-/m0/s1. The second-order valence-corrected chi connectivity index (χ2v) is 9.67. The van der Waals surface area contributed by atoms with E-state index in [1.807, 2.05) is 109 Å². The summed E-state index contributed by atoms with van der Waals surface area (Å²) in [5.41, 5.74) is 2.70. The summed E-state index contributed by atoms with van der Waals surface area (Å²) in [5.74, 6) is -0.858. The summed E-state index contributed by atoms with van der Waals surface area (Å²) in [5, 5.41) is 12.1. The Hall–Kier alpha value is -4.02. The molecule has 0 radical (unpaired) electrons. The summed E-state index contributed by atoms with van der Waals surface area (Å²) < 4.78 is 14.6. The van der Waals surface area contributed by atoms with E-state index in [9.17, 15) is 9.36 Å². The number of para-hydroxylation sites is 3. The molecule has 0 saturated carbocycles. The van der Waals surface area contributed by atoms with Gasteiger partial charge in [0.1, 0.15) is 5.78 Å². The number of carbonyl (C=O) groups is 1. The first kappa shape index (κ1) is 22.2. The van der Waals surface area contributed by atoms with Crippen molar-refractivity contribution >= 4 is 30.5 Å². The molecular weight excluding hydrogens is 431 g/mol. The van der Waals surface area contributed by atoms with Gasteiger partial charge in [-0.05, 0) is 42.0 Å². The number of carbonyl (C=O) groups excluding carboxylic acids is 1. The van der Waals surface area contributed by atoms with Crippen molar-refractivity contribution in [1.29, 1.82) is 0 Å². The van der Waals surface area contributed by atoms with Gasteiger partial charge in [0.15, 0.2) is 0 Å². The molecule has 4 aromatic rings. The van der Waals surface area contributed by atoms with Crippen LogP contribution in [0, 0.1) is 0 Å². The largest absolute Gasteiger partial charge is 0.321 e. The van der Waals surface area contributed by atoms with E-state index in [2.05, 4.69) is 20.8 Å². The zero-order chi connectivity index (χ0) is 22.9. The molecule has 0 aliphatic heterocycles. The minimum Gasteiger partial charge on any atom is -0.321 e. The molecule has 2 amide bonds. The monoisotopic (exact) mass is 456 g/mol. The van der Waals surface area contributed by atoms with E-state index in [0.717, 1.165) is 0 Å². The van der Waals surface area contributed by atoms with Gasteiger partial charge in [-0.15, -0.1) is 0 Å². The van der Waals surface area contributed by atoms with Gasteiger partial charge >= 0.3 is 6.03 Å². The van der Waals surface area contributed by atoms with Gasteiger partial charge < -0.3 is 20.8 Å². The summed E-state index contributed by atoms with van der Waals surface area (Å²) >= 11 is 0. The van der Waals surface area contributed by atoms with Crippen LogP contribution in [0.15, 0.2) is 121 Å². The van der Waals surface area contributed by atoms with Gasteiger partial charge in [0.2, 0.25) is 0 Å². The summed E-state index contributed by atoms with van der Waals surface area (Å²) in [4.78, 5) is 12.9. The molecule has 0 saturated heterocycles. The number of hydrogen-bond acceptors (Lipinski definition) is 2. The fourth-order valence-electron chi connectivity index (χ4n) is 3.40. The first-order valence-electron chi connectivity index (χ1n) is 10.6. The van der Waals surface area contributed by atoms with E-state index >= 15 is 0 Å². The van der Waals surface area contributed by atoms with Gasteiger partial charge in [0, 0.05) is 17.1 Å². The number of amides is 2. The molecule has 4 N–H and O–H groups in total. The van der Waals surface area contributed by atoms with Crippen LogP contribution in [-0.4, -0.2) is 6.03 Å². The molecule has 0 aromatic heterocycles. The number of hydrogen-bond donors (Lipinski definition) is 4. The third kappa shape index (κ3) is 6.03. The molecule has 1 atom stereocenters. The maximum Gasteiger partial charge on any atom is 0.320 e.